The highest BCUT2D eigenvalue weighted by atomic mass is 16.5. The minimum absolute atomic E-state index is 0.292. The molecule has 0 bridgehead atoms. The number of carbonyl (C=O) groups is 1. The summed E-state index contributed by atoms with van der Waals surface area (Å²) in [6.07, 6.45) is 1.15. The molecule has 0 aromatic heterocycles. The first kappa shape index (κ1) is 15.9. The van der Waals surface area contributed by atoms with Crippen molar-refractivity contribution in [2.45, 2.75) is 24.5 Å². The highest BCUT2D eigenvalue weighted by Crippen LogP contribution is 2.26. The first-order chi connectivity index (χ1) is 10.1. The number of benzene rings is 1. The first-order valence-corrected chi connectivity index (χ1v) is 7.11. The van der Waals surface area contributed by atoms with Gasteiger partial charge in [-0.3, -0.25) is 15.1 Å². The number of nitrogens with zero attached hydrogens (tertiary/aromatic N) is 1. The number of hydrogen-bond donors (Lipinski definition) is 3. The Morgan fingerprint density at radius 1 is 1.43 bits per heavy atom. The number of hydrazine groups is 1. The Kier molecular flexibility index (Phi) is 5.30. The molecule has 1 aromatic rings. The lowest BCUT2D eigenvalue weighted by Crippen LogP contribution is -2.50. The molecule has 1 aliphatic rings. The van der Waals surface area contributed by atoms with Crippen molar-refractivity contribution in [2.75, 3.05) is 26.8 Å². The average molecular weight is 293 g/mol. The number of carbonyl (C=O) groups excluding carboxylic acids is 1. The Hall–Kier alpha value is -1.47. The Bertz CT molecular complexity index is 460. The van der Waals surface area contributed by atoms with Crippen molar-refractivity contribution in [1.82, 2.24) is 10.3 Å². The minimum atomic E-state index is -0.824. The van der Waals surface area contributed by atoms with Crippen LogP contribution in [0.2, 0.25) is 0 Å². The summed E-state index contributed by atoms with van der Waals surface area (Å²) in [6, 6.07) is 8.89. The summed E-state index contributed by atoms with van der Waals surface area (Å²) < 4.78 is 5.28. The molecule has 21 heavy (non-hydrogen) atoms. The van der Waals surface area contributed by atoms with Crippen LogP contribution in [0.1, 0.15) is 24.4 Å². The van der Waals surface area contributed by atoms with Crippen LogP contribution in [-0.4, -0.2) is 48.3 Å². The molecule has 1 heterocycles. The predicted molar refractivity (Wildman–Crippen MR) is 79.1 cm³/mol. The van der Waals surface area contributed by atoms with E-state index >= 15 is 0 Å². The summed E-state index contributed by atoms with van der Waals surface area (Å²) >= 11 is 0. The Morgan fingerprint density at radius 3 is 2.62 bits per heavy atom. The molecule has 4 N–H and O–H groups in total. The fourth-order valence-corrected chi connectivity index (χ4v) is 2.79. The van der Waals surface area contributed by atoms with E-state index in [0.29, 0.717) is 32.6 Å². The van der Waals surface area contributed by atoms with Crippen LogP contribution in [0.25, 0.3) is 0 Å². The molecule has 0 saturated carbocycles. The number of aliphatic hydroxyl groups is 1. The van der Waals surface area contributed by atoms with Crippen molar-refractivity contribution in [3.63, 3.8) is 0 Å². The van der Waals surface area contributed by atoms with Crippen molar-refractivity contribution in [3.8, 4) is 0 Å². The van der Waals surface area contributed by atoms with Crippen LogP contribution in [0, 0.1) is 0 Å². The fraction of sp³-hybridized carbons (Fsp3) is 0.533. The lowest BCUT2D eigenvalue weighted by molar-refractivity contribution is -0.129. The van der Waals surface area contributed by atoms with Gasteiger partial charge >= 0.3 is 0 Å². The maximum absolute atomic E-state index is 12.1. The molecule has 116 valence electrons. The SMILES string of the molecule is CN(CC1(O)CCOCC1)C(C(=O)NN)c1ccccc1. The van der Waals surface area contributed by atoms with E-state index < -0.39 is 11.6 Å². The molecule has 1 saturated heterocycles. The predicted octanol–water partition coefficient (Wildman–Crippen LogP) is 0.191. The monoisotopic (exact) mass is 293 g/mol. The smallest absolute Gasteiger partial charge is 0.255 e. The Morgan fingerprint density at radius 2 is 2.05 bits per heavy atom. The molecule has 0 radical (unpaired) electrons. The standard InChI is InChI=1S/C15H23N3O3/c1-18(11-15(20)7-9-21-10-8-15)13(14(19)17-16)12-5-3-2-4-6-12/h2-6,13,20H,7-11,16H2,1H3,(H,17,19). The topological polar surface area (TPSA) is 87.8 Å². The molecule has 1 fully saturated rings. The van der Waals surface area contributed by atoms with E-state index in [0.717, 1.165) is 5.56 Å². The molecule has 1 atom stereocenters. The van der Waals surface area contributed by atoms with Gasteiger partial charge in [-0.05, 0) is 12.6 Å². The lowest BCUT2D eigenvalue weighted by Gasteiger charge is -2.38. The number of likely N-dealkylation sites (N-methyl/N-ethyl adjacent to an activating group) is 1. The van der Waals surface area contributed by atoms with Gasteiger partial charge in [-0.25, -0.2) is 5.84 Å². The number of rotatable bonds is 5. The summed E-state index contributed by atoms with van der Waals surface area (Å²) in [5.41, 5.74) is 2.23. The normalized spacial score (nSPS) is 19.2. The van der Waals surface area contributed by atoms with Crippen molar-refractivity contribution >= 4 is 5.91 Å². The summed E-state index contributed by atoms with van der Waals surface area (Å²) in [7, 11) is 1.82. The third-order valence-corrected chi connectivity index (χ3v) is 3.91. The van der Waals surface area contributed by atoms with Crippen LogP contribution in [0.15, 0.2) is 30.3 Å². The van der Waals surface area contributed by atoms with E-state index in [1.807, 2.05) is 42.3 Å². The fourth-order valence-electron chi connectivity index (χ4n) is 2.79. The van der Waals surface area contributed by atoms with Crippen molar-refractivity contribution in [3.05, 3.63) is 35.9 Å². The minimum Gasteiger partial charge on any atom is -0.388 e. The molecule has 1 aromatic carbocycles. The number of amides is 1. The molecule has 2 rings (SSSR count). The van der Waals surface area contributed by atoms with Gasteiger partial charge < -0.3 is 9.84 Å². The van der Waals surface area contributed by atoms with E-state index in [-0.39, 0.29) is 5.91 Å². The van der Waals surface area contributed by atoms with Crippen molar-refractivity contribution in [1.29, 1.82) is 0 Å². The summed E-state index contributed by atoms with van der Waals surface area (Å²) in [6.45, 7) is 1.48. The quantitative estimate of drug-likeness (QED) is 0.410. The number of nitrogens with one attached hydrogen (secondary N) is 1. The molecule has 1 aliphatic heterocycles. The van der Waals surface area contributed by atoms with Crippen LogP contribution in [-0.2, 0) is 9.53 Å². The van der Waals surface area contributed by atoms with E-state index in [1.54, 1.807) is 0 Å². The largest absolute Gasteiger partial charge is 0.388 e. The van der Waals surface area contributed by atoms with Crippen LogP contribution < -0.4 is 11.3 Å². The van der Waals surface area contributed by atoms with Gasteiger partial charge in [-0.2, -0.15) is 0 Å². The molecule has 1 amide bonds. The van der Waals surface area contributed by atoms with Gasteiger partial charge in [0.25, 0.3) is 5.91 Å². The van der Waals surface area contributed by atoms with Gasteiger partial charge in [0.15, 0.2) is 0 Å². The van der Waals surface area contributed by atoms with Crippen LogP contribution in [0.4, 0.5) is 0 Å². The number of ether oxygens (including phenoxy) is 1. The Balaban J connectivity index is 2.15. The maximum Gasteiger partial charge on any atom is 0.255 e. The van der Waals surface area contributed by atoms with Gasteiger partial charge in [0, 0.05) is 32.6 Å². The third-order valence-electron chi connectivity index (χ3n) is 3.91. The summed E-state index contributed by atoms with van der Waals surface area (Å²) in [4.78, 5) is 14.0. The molecular weight excluding hydrogens is 270 g/mol. The molecule has 6 heteroatoms. The highest BCUT2D eigenvalue weighted by molar-refractivity contribution is 5.82. The van der Waals surface area contributed by atoms with E-state index in [9.17, 15) is 9.90 Å². The summed E-state index contributed by atoms with van der Waals surface area (Å²) in [5, 5.41) is 10.6. The van der Waals surface area contributed by atoms with Gasteiger partial charge in [-0.15, -0.1) is 0 Å². The highest BCUT2D eigenvalue weighted by Gasteiger charge is 2.35. The first-order valence-electron chi connectivity index (χ1n) is 7.11. The van der Waals surface area contributed by atoms with Gasteiger partial charge in [0.2, 0.25) is 0 Å². The van der Waals surface area contributed by atoms with E-state index in [4.69, 9.17) is 10.6 Å². The van der Waals surface area contributed by atoms with Crippen LogP contribution in [0.3, 0.4) is 0 Å². The second-order valence-corrected chi connectivity index (χ2v) is 5.57. The van der Waals surface area contributed by atoms with Crippen LogP contribution >= 0.6 is 0 Å². The van der Waals surface area contributed by atoms with Gasteiger partial charge in [0.1, 0.15) is 6.04 Å². The third kappa shape index (κ3) is 4.01. The second-order valence-electron chi connectivity index (χ2n) is 5.57. The summed E-state index contributed by atoms with van der Waals surface area (Å²) in [5.74, 6) is 5.01. The molecular formula is C15H23N3O3. The number of nitrogens with two attached hydrogens (primary N) is 1. The van der Waals surface area contributed by atoms with Gasteiger partial charge in [0.05, 0.1) is 5.60 Å². The zero-order valence-electron chi connectivity index (χ0n) is 12.3. The lowest BCUT2D eigenvalue weighted by atomic mass is 9.92. The molecule has 1 unspecified atom stereocenters. The average Bonchev–Trinajstić information content (AvgIpc) is 2.48. The van der Waals surface area contributed by atoms with Crippen molar-refractivity contribution in [2.24, 2.45) is 5.84 Å². The second kappa shape index (κ2) is 7.00. The Labute approximate surface area is 124 Å². The molecule has 0 aliphatic carbocycles. The maximum atomic E-state index is 12.1. The van der Waals surface area contributed by atoms with Crippen molar-refractivity contribution < 1.29 is 14.6 Å². The van der Waals surface area contributed by atoms with E-state index in [1.165, 1.54) is 0 Å². The molecule has 0 spiro atoms. The zero-order valence-corrected chi connectivity index (χ0v) is 12.3. The zero-order chi connectivity index (χ0) is 15.3. The molecule has 6 nitrogen and oxygen atoms in total. The van der Waals surface area contributed by atoms with Gasteiger partial charge in [-0.1, -0.05) is 30.3 Å². The van der Waals surface area contributed by atoms with E-state index in [2.05, 4.69) is 5.43 Å². The number of hydrogen-bond acceptors (Lipinski definition) is 5. The van der Waals surface area contributed by atoms with Crippen LogP contribution in [0.5, 0.6) is 0 Å².